The fourth-order valence-corrected chi connectivity index (χ4v) is 10.1. The maximum atomic E-state index is 11.8. The number of hydrogen-bond donors (Lipinski definition) is 0. The Labute approximate surface area is 122 Å². The molecular weight excluding hydrogens is 326 g/mol. The van der Waals surface area contributed by atoms with Gasteiger partial charge in [0.15, 0.2) is 19.7 Å². The quantitative estimate of drug-likeness (QED) is 0.625. The van der Waals surface area contributed by atoms with E-state index >= 15 is 0 Å². The minimum atomic E-state index is -3.05. The highest BCUT2D eigenvalue weighted by Gasteiger charge is 2.59. The lowest BCUT2D eigenvalue weighted by molar-refractivity contribution is 0.197. The molecule has 0 spiro atoms. The lowest BCUT2D eigenvalue weighted by Gasteiger charge is -2.38. The monoisotopic (exact) mass is 341 g/mol. The minimum Gasteiger partial charge on any atom is -0.346 e. The number of thioether (sulfide) groups is 1. The van der Waals surface area contributed by atoms with Gasteiger partial charge in [-0.05, 0) is 13.3 Å². The van der Waals surface area contributed by atoms with E-state index in [0.717, 1.165) is 0 Å². The van der Waals surface area contributed by atoms with Gasteiger partial charge in [0, 0.05) is 11.3 Å². The molecule has 19 heavy (non-hydrogen) atoms. The molecule has 108 valence electrons. The number of rotatable bonds is 1. The number of thiocarbonyl (C=S) groups is 1. The van der Waals surface area contributed by atoms with Gasteiger partial charge in [-0.25, -0.2) is 16.8 Å². The molecule has 3 atom stereocenters. The zero-order valence-corrected chi connectivity index (χ0v) is 13.7. The van der Waals surface area contributed by atoms with Crippen LogP contribution in [0.4, 0.5) is 0 Å². The Morgan fingerprint density at radius 1 is 1.26 bits per heavy atom. The van der Waals surface area contributed by atoms with Gasteiger partial charge in [-0.15, -0.1) is 0 Å². The second-order valence-corrected chi connectivity index (χ2v) is 11.9. The summed E-state index contributed by atoms with van der Waals surface area (Å²) >= 11 is 6.77. The Bertz CT molecular complexity index is 640. The molecule has 3 rings (SSSR count). The van der Waals surface area contributed by atoms with E-state index in [1.165, 1.54) is 11.8 Å². The first-order chi connectivity index (χ1) is 8.63. The fourth-order valence-electron chi connectivity index (χ4n) is 3.33. The van der Waals surface area contributed by atoms with Crippen LogP contribution < -0.4 is 0 Å². The zero-order chi connectivity index (χ0) is 14.1. The summed E-state index contributed by atoms with van der Waals surface area (Å²) in [6, 6.07) is -0.159. The molecule has 0 amide bonds. The number of hydrogen-bond acceptors (Lipinski definition) is 6. The first-order valence-electron chi connectivity index (χ1n) is 6.04. The van der Waals surface area contributed by atoms with Crippen LogP contribution in [0.3, 0.4) is 0 Å². The molecule has 3 aliphatic rings. The summed E-state index contributed by atoms with van der Waals surface area (Å²) in [5.74, 6) is 0.490. The van der Waals surface area contributed by atoms with E-state index in [1.807, 2.05) is 11.8 Å². The Morgan fingerprint density at radius 3 is 2.53 bits per heavy atom. The molecule has 5 nitrogen and oxygen atoms in total. The number of sulfone groups is 2. The van der Waals surface area contributed by atoms with Crippen LogP contribution in [0.25, 0.3) is 0 Å². The number of fused-ring (bicyclic) bond motifs is 1. The molecular formula is C10H15NO4S4. The van der Waals surface area contributed by atoms with Gasteiger partial charge < -0.3 is 4.90 Å². The highest BCUT2D eigenvalue weighted by atomic mass is 32.2. The van der Waals surface area contributed by atoms with E-state index in [4.69, 9.17) is 12.2 Å². The van der Waals surface area contributed by atoms with Crippen LogP contribution >= 0.6 is 24.0 Å². The molecule has 3 saturated heterocycles. The fraction of sp³-hybridized carbons (Fsp3) is 0.900. The third-order valence-corrected chi connectivity index (χ3v) is 9.84. The van der Waals surface area contributed by atoms with Gasteiger partial charge in [0.05, 0.1) is 28.6 Å². The van der Waals surface area contributed by atoms with Crippen molar-refractivity contribution in [3.05, 3.63) is 0 Å². The maximum Gasteiger partial charge on any atom is 0.153 e. The lowest BCUT2D eigenvalue weighted by atomic mass is 9.97. The summed E-state index contributed by atoms with van der Waals surface area (Å²) < 4.78 is 47.6. The van der Waals surface area contributed by atoms with Crippen molar-refractivity contribution >= 4 is 48.0 Å². The highest BCUT2D eigenvalue weighted by molar-refractivity contribution is 8.24. The van der Waals surface area contributed by atoms with Crippen LogP contribution in [-0.4, -0.2) is 65.9 Å². The first-order valence-corrected chi connectivity index (χ1v) is 11.0. The predicted molar refractivity (Wildman–Crippen MR) is 79.9 cm³/mol. The molecule has 9 heteroatoms. The number of nitrogens with zero attached hydrogens (tertiary/aromatic N) is 1. The summed E-state index contributed by atoms with van der Waals surface area (Å²) in [4.78, 5) is 1.91. The van der Waals surface area contributed by atoms with Crippen LogP contribution in [0, 0.1) is 0 Å². The third kappa shape index (κ3) is 2.22. The van der Waals surface area contributed by atoms with E-state index in [0.29, 0.717) is 10.7 Å². The summed E-state index contributed by atoms with van der Waals surface area (Å²) in [5.41, 5.74) is -0.537. The zero-order valence-electron chi connectivity index (χ0n) is 10.4. The molecule has 0 aromatic heterocycles. The van der Waals surface area contributed by atoms with E-state index in [9.17, 15) is 16.8 Å². The van der Waals surface area contributed by atoms with Crippen molar-refractivity contribution in [2.24, 2.45) is 0 Å². The van der Waals surface area contributed by atoms with Gasteiger partial charge in [0.1, 0.15) is 4.32 Å². The Kier molecular flexibility index (Phi) is 3.03. The van der Waals surface area contributed by atoms with E-state index in [-0.39, 0.29) is 34.3 Å². The van der Waals surface area contributed by atoms with Crippen molar-refractivity contribution in [1.82, 2.24) is 4.90 Å². The van der Waals surface area contributed by atoms with Crippen LogP contribution in [0.2, 0.25) is 0 Å². The second-order valence-electron chi connectivity index (χ2n) is 5.71. The van der Waals surface area contributed by atoms with Crippen LogP contribution in [0.15, 0.2) is 0 Å². The normalized spacial score (nSPS) is 43.6. The highest BCUT2D eigenvalue weighted by Crippen LogP contribution is 2.48. The molecule has 0 bridgehead atoms. The summed E-state index contributed by atoms with van der Waals surface area (Å²) in [6.45, 7) is 1.90. The van der Waals surface area contributed by atoms with Gasteiger partial charge in [-0.1, -0.05) is 24.0 Å². The summed E-state index contributed by atoms with van der Waals surface area (Å²) in [5, 5.41) is -0.0618. The second kappa shape index (κ2) is 4.08. The smallest absolute Gasteiger partial charge is 0.153 e. The molecule has 3 aliphatic heterocycles. The molecule has 3 heterocycles. The summed E-state index contributed by atoms with van der Waals surface area (Å²) in [6.07, 6.45) is 0.547. The van der Waals surface area contributed by atoms with E-state index in [1.54, 1.807) is 0 Å². The Morgan fingerprint density at radius 2 is 1.95 bits per heavy atom. The standard InChI is InChI=1S/C10H15NO4S4/c1-10-6-19(14,15)5-8(10)17-9(16)11(10)7-2-3-18(12,13)4-7/h7-8H,2-6H2,1H3/t7-,8-,10-/m0/s1. The Hall–Kier alpha value is 0.140. The van der Waals surface area contributed by atoms with Crippen molar-refractivity contribution in [3.8, 4) is 0 Å². The molecule has 3 fully saturated rings. The van der Waals surface area contributed by atoms with Crippen LogP contribution in [-0.2, 0) is 19.7 Å². The van der Waals surface area contributed by atoms with Gasteiger partial charge in [-0.2, -0.15) is 0 Å². The first kappa shape index (κ1) is 14.1. The average molecular weight is 342 g/mol. The topological polar surface area (TPSA) is 71.5 Å². The Balaban J connectivity index is 1.95. The largest absolute Gasteiger partial charge is 0.346 e. The minimum absolute atomic E-state index is 0.0618. The predicted octanol–water partition coefficient (Wildman–Crippen LogP) is 0.0629. The van der Waals surface area contributed by atoms with Crippen LogP contribution in [0.5, 0.6) is 0 Å². The van der Waals surface area contributed by atoms with Crippen molar-refractivity contribution in [3.63, 3.8) is 0 Å². The van der Waals surface area contributed by atoms with E-state index in [2.05, 4.69) is 0 Å². The third-order valence-electron chi connectivity index (χ3n) is 4.17. The molecule has 0 radical (unpaired) electrons. The van der Waals surface area contributed by atoms with Gasteiger partial charge in [0.25, 0.3) is 0 Å². The van der Waals surface area contributed by atoms with Gasteiger partial charge in [-0.3, -0.25) is 0 Å². The van der Waals surface area contributed by atoms with Crippen molar-refractivity contribution in [2.75, 3.05) is 23.0 Å². The SMILES string of the molecule is C[C@]12CS(=O)(=O)C[C@@H]1SC(=S)N2[C@H]1CCS(=O)(=O)C1. The lowest BCUT2D eigenvalue weighted by Crippen LogP contribution is -2.54. The molecule has 0 unspecified atom stereocenters. The summed E-state index contributed by atoms with van der Waals surface area (Å²) in [7, 11) is -6.05. The van der Waals surface area contributed by atoms with Gasteiger partial charge in [0.2, 0.25) is 0 Å². The maximum absolute atomic E-state index is 11.8. The van der Waals surface area contributed by atoms with Gasteiger partial charge >= 0.3 is 0 Å². The molecule has 0 saturated carbocycles. The van der Waals surface area contributed by atoms with Crippen LogP contribution in [0.1, 0.15) is 13.3 Å². The van der Waals surface area contributed by atoms with Crippen molar-refractivity contribution < 1.29 is 16.8 Å². The van der Waals surface area contributed by atoms with Crippen molar-refractivity contribution in [1.29, 1.82) is 0 Å². The molecule has 0 aromatic rings. The molecule has 0 N–H and O–H groups in total. The van der Waals surface area contributed by atoms with Crippen molar-refractivity contribution in [2.45, 2.75) is 30.2 Å². The molecule has 0 aliphatic carbocycles. The molecule has 0 aromatic carbocycles. The average Bonchev–Trinajstić information content (AvgIpc) is 2.72. The van der Waals surface area contributed by atoms with E-state index < -0.39 is 25.2 Å².